The van der Waals surface area contributed by atoms with Crippen molar-refractivity contribution in [2.24, 2.45) is 5.73 Å². The number of nitrogens with two attached hydrogens (primary N) is 1. The predicted octanol–water partition coefficient (Wildman–Crippen LogP) is 1.26. The first kappa shape index (κ1) is 14.3. The quantitative estimate of drug-likeness (QED) is 0.896. The van der Waals surface area contributed by atoms with E-state index in [1.807, 2.05) is 12.1 Å². The van der Waals surface area contributed by atoms with Crippen molar-refractivity contribution in [2.75, 3.05) is 13.1 Å². The molecular formula is C15H19N3O2S. The summed E-state index contributed by atoms with van der Waals surface area (Å²) in [5.74, 6) is 0. The molecule has 1 aromatic heterocycles. The van der Waals surface area contributed by atoms with Gasteiger partial charge in [0, 0.05) is 31.5 Å². The second-order valence-corrected chi connectivity index (χ2v) is 7.18. The summed E-state index contributed by atoms with van der Waals surface area (Å²) in [5, 5.41) is 0. The Hall–Kier alpha value is -1.63. The van der Waals surface area contributed by atoms with Crippen molar-refractivity contribution >= 4 is 10.0 Å². The number of nitrogens with one attached hydrogen (secondary N) is 1. The Kier molecular flexibility index (Phi) is 3.84. The summed E-state index contributed by atoms with van der Waals surface area (Å²) < 4.78 is 26.9. The predicted molar refractivity (Wildman–Crippen MR) is 81.3 cm³/mol. The highest BCUT2D eigenvalue weighted by molar-refractivity contribution is 7.89. The van der Waals surface area contributed by atoms with Gasteiger partial charge in [-0.3, -0.25) is 0 Å². The average molecular weight is 305 g/mol. The third kappa shape index (κ3) is 2.74. The Balaban J connectivity index is 1.84. The minimum Gasteiger partial charge on any atom is -0.363 e. The molecule has 0 fully saturated rings. The first-order valence-electron chi connectivity index (χ1n) is 7.05. The average Bonchev–Trinajstić information content (AvgIpc) is 2.87. The Labute approximate surface area is 124 Å². The van der Waals surface area contributed by atoms with Crippen LogP contribution < -0.4 is 5.73 Å². The second-order valence-electron chi connectivity index (χ2n) is 5.24. The SMILES string of the molecule is NCc1cc(S(=O)(=O)N2CCc3ccccc3CC2)c[nH]1. The molecule has 0 amide bonds. The summed E-state index contributed by atoms with van der Waals surface area (Å²) in [6, 6.07) is 9.78. The van der Waals surface area contributed by atoms with Crippen LogP contribution in [-0.2, 0) is 29.4 Å². The molecule has 3 N–H and O–H groups in total. The lowest BCUT2D eigenvalue weighted by molar-refractivity contribution is 0.426. The van der Waals surface area contributed by atoms with Crippen molar-refractivity contribution in [1.29, 1.82) is 0 Å². The number of fused-ring (bicyclic) bond motifs is 1. The molecule has 5 nitrogen and oxygen atoms in total. The topological polar surface area (TPSA) is 79.2 Å². The van der Waals surface area contributed by atoms with Gasteiger partial charge in [-0.2, -0.15) is 4.31 Å². The van der Waals surface area contributed by atoms with Gasteiger partial charge in [-0.05, 0) is 30.0 Å². The molecule has 0 atom stereocenters. The van der Waals surface area contributed by atoms with Gasteiger partial charge < -0.3 is 10.7 Å². The van der Waals surface area contributed by atoms with Crippen molar-refractivity contribution in [3.63, 3.8) is 0 Å². The molecule has 21 heavy (non-hydrogen) atoms. The first-order valence-corrected chi connectivity index (χ1v) is 8.49. The molecular weight excluding hydrogens is 286 g/mol. The van der Waals surface area contributed by atoms with Crippen LogP contribution in [0.5, 0.6) is 0 Å². The summed E-state index contributed by atoms with van der Waals surface area (Å²) in [6.07, 6.45) is 3.03. The normalized spacial score (nSPS) is 16.4. The van der Waals surface area contributed by atoms with E-state index in [1.165, 1.54) is 17.3 Å². The molecule has 6 heteroatoms. The van der Waals surface area contributed by atoms with Crippen molar-refractivity contribution in [1.82, 2.24) is 9.29 Å². The van der Waals surface area contributed by atoms with Gasteiger partial charge in [0.2, 0.25) is 10.0 Å². The fourth-order valence-electron chi connectivity index (χ4n) is 2.72. The molecule has 0 unspecified atom stereocenters. The van der Waals surface area contributed by atoms with E-state index < -0.39 is 10.0 Å². The van der Waals surface area contributed by atoms with Gasteiger partial charge in [0.25, 0.3) is 0 Å². The van der Waals surface area contributed by atoms with E-state index in [-0.39, 0.29) is 0 Å². The standard InChI is InChI=1S/C15H19N3O2S/c16-10-14-9-15(11-17-14)21(19,20)18-7-5-12-3-1-2-4-13(12)6-8-18/h1-4,9,11,17H,5-8,10,16H2. The van der Waals surface area contributed by atoms with Crippen molar-refractivity contribution in [3.8, 4) is 0 Å². The van der Waals surface area contributed by atoms with E-state index in [1.54, 1.807) is 10.4 Å². The minimum absolute atomic E-state index is 0.300. The Morgan fingerprint density at radius 3 is 2.29 bits per heavy atom. The molecule has 1 aliphatic heterocycles. The smallest absolute Gasteiger partial charge is 0.244 e. The number of hydrogen-bond acceptors (Lipinski definition) is 3. The molecule has 0 spiro atoms. The van der Waals surface area contributed by atoms with Gasteiger partial charge in [0.15, 0.2) is 0 Å². The zero-order valence-corrected chi connectivity index (χ0v) is 12.6. The van der Waals surface area contributed by atoms with E-state index in [0.29, 0.717) is 24.5 Å². The van der Waals surface area contributed by atoms with Crippen LogP contribution >= 0.6 is 0 Å². The maximum absolute atomic E-state index is 12.7. The highest BCUT2D eigenvalue weighted by atomic mass is 32.2. The molecule has 0 saturated carbocycles. The van der Waals surface area contributed by atoms with Gasteiger partial charge in [0.05, 0.1) is 4.90 Å². The van der Waals surface area contributed by atoms with Crippen molar-refractivity contribution in [2.45, 2.75) is 24.3 Å². The van der Waals surface area contributed by atoms with Gasteiger partial charge in [-0.1, -0.05) is 24.3 Å². The molecule has 2 aromatic rings. The molecule has 112 valence electrons. The van der Waals surface area contributed by atoms with Crippen molar-refractivity contribution in [3.05, 3.63) is 53.3 Å². The molecule has 0 radical (unpaired) electrons. The molecule has 1 aliphatic rings. The molecule has 2 heterocycles. The van der Waals surface area contributed by atoms with Crippen LogP contribution in [0, 0.1) is 0 Å². The van der Waals surface area contributed by atoms with Gasteiger partial charge >= 0.3 is 0 Å². The van der Waals surface area contributed by atoms with Crippen LogP contribution in [0.4, 0.5) is 0 Å². The van der Waals surface area contributed by atoms with Crippen LogP contribution in [-0.4, -0.2) is 30.8 Å². The number of nitrogens with zero attached hydrogens (tertiary/aromatic N) is 1. The maximum Gasteiger partial charge on any atom is 0.244 e. The van der Waals surface area contributed by atoms with E-state index >= 15 is 0 Å². The number of aromatic nitrogens is 1. The number of rotatable bonds is 3. The fourth-order valence-corrected chi connectivity index (χ4v) is 4.18. The lowest BCUT2D eigenvalue weighted by Crippen LogP contribution is -2.33. The number of H-pyrrole nitrogens is 1. The summed E-state index contributed by atoms with van der Waals surface area (Å²) in [6.45, 7) is 1.34. The molecule has 0 aliphatic carbocycles. The van der Waals surface area contributed by atoms with Crippen LogP contribution in [0.2, 0.25) is 0 Å². The van der Waals surface area contributed by atoms with Gasteiger partial charge in [-0.25, -0.2) is 8.42 Å². The summed E-state index contributed by atoms with van der Waals surface area (Å²) >= 11 is 0. The van der Waals surface area contributed by atoms with Crippen LogP contribution in [0.1, 0.15) is 16.8 Å². The lowest BCUT2D eigenvalue weighted by Gasteiger charge is -2.18. The number of sulfonamides is 1. The van der Waals surface area contributed by atoms with E-state index in [9.17, 15) is 8.42 Å². The zero-order valence-electron chi connectivity index (χ0n) is 11.7. The molecule has 0 saturated heterocycles. The molecule has 0 bridgehead atoms. The summed E-state index contributed by atoms with van der Waals surface area (Å²) in [5.41, 5.74) is 8.74. The number of hydrogen-bond donors (Lipinski definition) is 2. The summed E-state index contributed by atoms with van der Waals surface area (Å²) in [7, 11) is -3.45. The van der Waals surface area contributed by atoms with E-state index in [2.05, 4.69) is 17.1 Å². The number of benzene rings is 1. The maximum atomic E-state index is 12.7. The van der Waals surface area contributed by atoms with Gasteiger partial charge in [0.1, 0.15) is 0 Å². The molecule has 1 aromatic carbocycles. The Morgan fingerprint density at radius 2 is 1.76 bits per heavy atom. The minimum atomic E-state index is -3.45. The van der Waals surface area contributed by atoms with Crippen LogP contribution in [0.25, 0.3) is 0 Å². The number of aromatic amines is 1. The van der Waals surface area contributed by atoms with E-state index in [4.69, 9.17) is 5.73 Å². The largest absolute Gasteiger partial charge is 0.363 e. The molecule has 3 rings (SSSR count). The Bertz CT molecular complexity index is 710. The van der Waals surface area contributed by atoms with Crippen LogP contribution in [0.15, 0.2) is 41.4 Å². The second kappa shape index (κ2) is 5.63. The lowest BCUT2D eigenvalue weighted by atomic mass is 10.0. The highest BCUT2D eigenvalue weighted by Gasteiger charge is 2.27. The monoisotopic (exact) mass is 305 g/mol. The van der Waals surface area contributed by atoms with Crippen LogP contribution in [0.3, 0.4) is 0 Å². The van der Waals surface area contributed by atoms with Crippen molar-refractivity contribution < 1.29 is 8.42 Å². The first-order chi connectivity index (χ1) is 10.1. The van der Waals surface area contributed by atoms with Gasteiger partial charge in [-0.15, -0.1) is 0 Å². The highest BCUT2D eigenvalue weighted by Crippen LogP contribution is 2.22. The van der Waals surface area contributed by atoms with E-state index in [0.717, 1.165) is 18.5 Å². The zero-order chi connectivity index (χ0) is 14.9. The third-order valence-electron chi connectivity index (χ3n) is 3.95. The fraction of sp³-hybridized carbons (Fsp3) is 0.333. The summed E-state index contributed by atoms with van der Waals surface area (Å²) in [4.78, 5) is 3.20. The Morgan fingerprint density at radius 1 is 1.14 bits per heavy atom. The third-order valence-corrected chi connectivity index (χ3v) is 5.83.